The summed E-state index contributed by atoms with van der Waals surface area (Å²) in [5.74, 6) is -2.05. The van der Waals surface area contributed by atoms with Gasteiger partial charge in [0.05, 0.1) is 0 Å². The summed E-state index contributed by atoms with van der Waals surface area (Å²) in [6, 6.07) is 10.4. The molecule has 1 atom stereocenters. The van der Waals surface area contributed by atoms with Crippen molar-refractivity contribution < 1.29 is 22.4 Å². The summed E-state index contributed by atoms with van der Waals surface area (Å²) in [6.45, 7) is 3.36. The van der Waals surface area contributed by atoms with Gasteiger partial charge in [-0.05, 0) is 55.2 Å². The number of halogens is 1. The first kappa shape index (κ1) is 21.9. The van der Waals surface area contributed by atoms with Crippen molar-refractivity contribution in [1.82, 2.24) is 10.0 Å². The molecule has 0 aromatic heterocycles. The third kappa shape index (κ3) is 5.43. The van der Waals surface area contributed by atoms with Gasteiger partial charge in [0.25, 0.3) is 5.91 Å². The number of carbonyl (C=O) groups is 2. The second kappa shape index (κ2) is 8.93. The fraction of sp³-hybridized carbons (Fsp3) is 0.333. The summed E-state index contributed by atoms with van der Waals surface area (Å²) in [5.41, 5.74) is 0.888. The largest absolute Gasteiger partial charge is 0.349 e. The molecule has 1 fully saturated rings. The lowest BCUT2D eigenvalue weighted by molar-refractivity contribution is -0.118. The Bertz CT molecular complexity index is 1030. The van der Waals surface area contributed by atoms with Gasteiger partial charge in [-0.25, -0.2) is 12.8 Å². The number of sulfonamides is 1. The second-order valence-corrected chi connectivity index (χ2v) is 9.27. The summed E-state index contributed by atoms with van der Waals surface area (Å²) in [5, 5.41) is 5.52. The number of amides is 2. The minimum Gasteiger partial charge on any atom is -0.349 e. The van der Waals surface area contributed by atoms with Crippen LogP contribution in [0.1, 0.15) is 37.0 Å². The molecule has 0 aliphatic heterocycles. The van der Waals surface area contributed by atoms with E-state index in [0.717, 1.165) is 25.0 Å². The summed E-state index contributed by atoms with van der Waals surface area (Å²) in [4.78, 5) is 24.2. The molecule has 2 amide bonds. The van der Waals surface area contributed by atoms with Crippen LogP contribution in [0.25, 0.3) is 0 Å². The quantitative estimate of drug-likeness (QED) is 0.595. The zero-order chi connectivity index (χ0) is 21.9. The topological polar surface area (TPSA) is 104 Å². The maximum absolute atomic E-state index is 13.9. The maximum Gasteiger partial charge on any atom is 0.251 e. The van der Waals surface area contributed by atoms with Gasteiger partial charge < -0.3 is 10.6 Å². The molecule has 2 aromatic carbocycles. The molecule has 3 rings (SSSR count). The van der Waals surface area contributed by atoms with E-state index in [1.807, 2.05) is 0 Å². The van der Waals surface area contributed by atoms with Crippen LogP contribution in [0.5, 0.6) is 0 Å². The first-order valence-electron chi connectivity index (χ1n) is 9.66. The van der Waals surface area contributed by atoms with E-state index < -0.39 is 38.6 Å². The molecular weight excluding hydrogens is 409 g/mol. The van der Waals surface area contributed by atoms with Gasteiger partial charge >= 0.3 is 0 Å². The second-order valence-electron chi connectivity index (χ2n) is 7.59. The van der Waals surface area contributed by atoms with Crippen molar-refractivity contribution in [3.05, 3.63) is 59.9 Å². The molecule has 0 radical (unpaired) electrons. The zero-order valence-electron chi connectivity index (χ0n) is 16.7. The SMILES string of the molecule is CC(C)[C@H](NS(=O)(=O)c1ccccc1F)C(=O)Nc1ccc(C(=O)NC2CC2)cc1. The fourth-order valence-electron chi connectivity index (χ4n) is 2.81. The van der Waals surface area contributed by atoms with Crippen molar-refractivity contribution in [3.63, 3.8) is 0 Å². The molecule has 1 saturated carbocycles. The van der Waals surface area contributed by atoms with Gasteiger partial charge in [0.1, 0.15) is 16.8 Å². The molecule has 9 heteroatoms. The van der Waals surface area contributed by atoms with Crippen LogP contribution in [0.3, 0.4) is 0 Å². The highest BCUT2D eigenvalue weighted by Crippen LogP contribution is 2.20. The standard InChI is InChI=1S/C21H24FN3O4S/c1-13(2)19(25-30(28,29)18-6-4-3-5-17(18)22)21(27)24-15-9-7-14(8-10-15)20(26)23-16-11-12-16/h3-10,13,16,19,25H,11-12H2,1-2H3,(H,23,26)(H,24,27)/t19-/m0/s1. The Hall–Kier alpha value is -2.78. The molecule has 2 aromatic rings. The van der Waals surface area contributed by atoms with Gasteiger partial charge in [0, 0.05) is 17.3 Å². The molecule has 30 heavy (non-hydrogen) atoms. The Morgan fingerprint density at radius 3 is 2.23 bits per heavy atom. The molecule has 0 heterocycles. The monoisotopic (exact) mass is 433 g/mol. The van der Waals surface area contributed by atoms with Crippen molar-refractivity contribution in [3.8, 4) is 0 Å². The van der Waals surface area contributed by atoms with Crippen LogP contribution in [0, 0.1) is 11.7 Å². The summed E-state index contributed by atoms with van der Waals surface area (Å²) in [7, 11) is -4.23. The molecule has 160 valence electrons. The van der Waals surface area contributed by atoms with Crippen molar-refractivity contribution in [2.75, 3.05) is 5.32 Å². The number of anilines is 1. The van der Waals surface area contributed by atoms with Crippen molar-refractivity contribution in [2.45, 2.75) is 43.7 Å². The molecular formula is C21H24FN3O4S. The normalized spacial score (nSPS) is 14.9. The summed E-state index contributed by atoms with van der Waals surface area (Å²) in [6.07, 6.45) is 1.97. The first-order chi connectivity index (χ1) is 14.2. The average molecular weight is 434 g/mol. The Morgan fingerprint density at radius 1 is 1.03 bits per heavy atom. The van der Waals surface area contributed by atoms with Gasteiger partial charge in [-0.2, -0.15) is 4.72 Å². The Labute approximate surface area is 175 Å². The van der Waals surface area contributed by atoms with Gasteiger partial charge in [-0.3, -0.25) is 9.59 Å². The average Bonchev–Trinajstić information content (AvgIpc) is 3.50. The Morgan fingerprint density at radius 2 is 1.67 bits per heavy atom. The molecule has 0 spiro atoms. The molecule has 3 N–H and O–H groups in total. The first-order valence-corrected chi connectivity index (χ1v) is 11.1. The van der Waals surface area contributed by atoms with E-state index in [-0.39, 0.29) is 11.9 Å². The van der Waals surface area contributed by atoms with E-state index in [4.69, 9.17) is 0 Å². The van der Waals surface area contributed by atoms with E-state index in [0.29, 0.717) is 11.3 Å². The van der Waals surface area contributed by atoms with Crippen LogP contribution in [0.15, 0.2) is 53.4 Å². The van der Waals surface area contributed by atoms with Crippen molar-refractivity contribution in [1.29, 1.82) is 0 Å². The third-order valence-corrected chi connectivity index (χ3v) is 6.16. The van der Waals surface area contributed by atoms with Gasteiger partial charge in [0.15, 0.2) is 0 Å². The van der Waals surface area contributed by atoms with E-state index in [1.165, 1.54) is 12.1 Å². The van der Waals surface area contributed by atoms with Gasteiger partial charge in [0.2, 0.25) is 15.9 Å². The Balaban J connectivity index is 1.69. The highest BCUT2D eigenvalue weighted by molar-refractivity contribution is 7.89. The van der Waals surface area contributed by atoms with Crippen LogP contribution in [0.2, 0.25) is 0 Å². The minimum atomic E-state index is -4.23. The highest BCUT2D eigenvalue weighted by Gasteiger charge is 2.30. The lowest BCUT2D eigenvalue weighted by atomic mass is 10.0. The van der Waals surface area contributed by atoms with E-state index in [2.05, 4.69) is 15.4 Å². The lowest BCUT2D eigenvalue weighted by Gasteiger charge is -2.22. The minimum absolute atomic E-state index is 0.173. The molecule has 0 saturated heterocycles. The van der Waals surface area contributed by atoms with E-state index in [1.54, 1.807) is 38.1 Å². The number of carbonyl (C=O) groups excluding carboxylic acids is 2. The van der Waals surface area contributed by atoms with Crippen LogP contribution >= 0.6 is 0 Å². The van der Waals surface area contributed by atoms with Crippen LogP contribution in [-0.4, -0.2) is 32.3 Å². The number of rotatable bonds is 8. The number of nitrogens with one attached hydrogen (secondary N) is 3. The smallest absolute Gasteiger partial charge is 0.251 e. The Kier molecular flexibility index (Phi) is 6.52. The van der Waals surface area contributed by atoms with Crippen LogP contribution in [-0.2, 0) is 14.8 Å². The number of hydrogen-bond acceptors (Lipinski definition) is 4. The third-order valence-electron chi connectivity index (χ3n) is 4.68. The fourth-order valence-corrected chi connectivity index (χ4v) is 4.23. The van der Waals surface area contributed by atoms with Crippen molar-refractivity contribution in [2.24, 2.45) is 5.92 Å². The molecule has 7 nitrogen and oxygen atoms in total. The van der Waals surface area contributed by atoms with E-state index >= 15 is 0 Å². The number of benzene rings is 2. The lowest BCUT2D eigenvalue weighted by Crippen LogP contribution is -2.47. The predicted octanol–water partition coefficient (Wildman–Crippen LogP) is 2.66. The van der Waals surface area contributed by atoms with Gasteiger partial charge in [-0.1, -0.05) is 26.0 Å². The molecule has 0 bridgehead atoms. The summed E-state index contributed by atoms with van der Waals surface area (Å²) >= 11 is 0. The maximum atomic E-state index is 13.9. The van der Waals surface area contributed by atoms with Crippen LogP contribution < -0.4 is 15.4 Å². The summed E-state index contributed by atoms with van der Waals surface area (Å²) < 4.78 is 41.3. The van der Waals surface area contributed by atoms with E-state index in [9.17, 15) is 22.4 Å². The number of hydrogen-bond donors (Lipinski definition) is 3. The predicted molar refractivity (Wildman–Crippen MR) is 111 cm³/mol. The van der Waals surface area contributed by atoms with Crippen LogP contribution in [0.4, 0.5) is 10.1 Å². The van der Waals surface area contributed by atoms with Gasteiger partial charge in [-0.15, -0.1) is 0 Å². The highest BCUT2D eigenvalue weighted by atomic mass is 32.2. The molecule has 0 unspecified atom stereocenters. The molecule has 1 aliphatic carbocycles. The zero-order valence-corrected chi connectivity index (χ0v) is 17.5. The van der Waals surface area contributed by atoms with Crippen molar-refractivity contribution >= 4 is 27.5 Å². The molecule has 1 aliphatic rings.